The molecule has 1 aliphatic heterocycles. The molecule has 1 fully saturated rings. The van der Waals surface area contributed by atoms with E-state index in [1.54, 1.807) is 7.11 Å². The van der Waals surface area contributed by atoms with Gasteiger partial charge in [0, 0.05) is 12.6 Å². The minimum atomic E-state index is -0.484. The van der Waals surface area contributed by atoms with Crippen LogP contribution in [0, 0.1) is 0 Å². The van der Waals surface area contributed by atoms with Crippen molar-refractivity contribution < 1.29 is 14.3 Å². The monoisotopic (exact) mass is 468 g/mol. The highest BCUT2D eigenvalue weighted by Gasteiger charge is 2.30. The second-order valence-corrected chi connectivity index (χ2v) is 9.50. The maximum absolute atomic E-state index is 12.9. The third-order valence-electron chi connectivity index (χ3n) is 5.36. The first-order chi connectivity index (χ1) is 15.6. The number of rotatable bonds is 6. The Hall–Kier alpha value is -2.79. The van der Waals surface area contributed by atoms with E-state index in [1.807, 2.05) is 30.3 Å². The number of carbonyl (C=O) groups excluding carboxylic acids is 1. The number of aromatic nitrogens is 3. The number of Topliss-reactive ketones (excluding diaryl/α,β-unsaturated/α-hetero) is 1. The van der Waals surface area contributed by atoms with Crippen LogP contribution in [0.1, 0.15) is 28.3 Å². The van der Waals surface area contributed by atoms with Gasteiger partial charge >= 0.3 is 0 Å². The Labute approximate surface area is 191 Å². The predicted molar refractivity (Wildman–Crippen MR) is 124 cm³/mol. The van der Waals surface area contributed by atoms with Gasteiger partial charge in [0.25, 0.3) is 4.74 Å². The van der Waals surface area contributed by atoms with Crippen LogP contribution in [0.25, 0.3) is 20.6 Å². The number of carbonyl (C=O) groups is 1. The number of hydrogen-bond acceptors (Lipinski definition) is 10. The standard InChI is InChI=1S/C22H20N4O4S2/c1-29-15-3-2-4-17-19(15)26-22(31-17)20(28)16-8-6-13(11-30-16)23-9-12-5-7-14-21(25-12)32-18(27)10-24-14/h2-5,7,10,13,16,23H,6,8-9,11H2,1H3/t13-,16+/m1/s1. The van der Waals surface area contributed by atoms with Crippen LogP contribution in [0.2, 0.25) is 0 Å². The molecule has 0 amide bonds. The Morgan fingerprint density at radius 1 is 1.22 bits per heavy atom. The molecule has 0 saturated carbocycles. The summed E-state index contributed by atoms with van der Waals surface area (Å²) < 4.78 is 12.0. The van der Waals surface area contributed by atoms with Crippen LogP contribution in [-0.2, 0) is 11.3 Å². The van der Waals surface area contributed by atoms with Gasteiger partial charge in [0.15, 0.2) is 5.01 Å². The zero-order chi connectivity index (χ0) is 22.1. The van der Waals surface area contributed by atoms with E-state index in [1.165, 1.54) is 17.5 Å². The highest BCUT2D eigenvalue weighted by atomic mass is 32.1. The fraction of sp³-hybridized carbons (Fsp3) is 0.318. The lowest BCUT2D eigenvalue weighted by Gasteiger charge is -2.28. The van der Waals surface area contributed by atoms with Crippen molar-refractivity contribution in [2.45, 2.75) is 31.5 Å². The number of thiazole rings is 1. The molecule has 2 atom stereocenters. The topological polar surface area (TPSA) is 103 Å². The summed E-state index contributed by atoms with van der Waals surface area (Å²) in [5.74, 6) is 0.585. The van der Waals surface area contributed by atoms with Crippen LogP contribution in [-0.4, -0.2) is 46.6 Å². The molecule has 10 heteroatoms. The van der Waals surface area contributed by atoms with Crippen LogP contribution in [0.5, 0.6) is 5.75 Å². The third-order valence-corrected chi connectivity index (χ3v) is 7.19. The van der Waals surface area contributed by atoms with Gasteiger partial charge in [-0.2, -0.15) is 0 Å². The molecule has 1 aromatic carbocycles. The minimum Gasteiger partial charge on any atom is -0.494 e. The lowest BCUT2D eigenvalue weighted by atomic mass is 10.0. The van der Waals surface area contributed by atoms with Crippen molar-refractivity contribution in [3.63, 3.8) is 0 Å². The van der Waals surface area contributed by atoms with E-state index in [4.69, 9.17) is 9.47 Å². The third kappa shape index (κ3) is 4.26. The van der Waals surface area contributed by atoms with Gasteiger partial charge < -0.3 is 14.8 Å². The molecule has 32 heavy (non-hydrogen) atoms. The molecule has 0 spiro atoms. The quantitative estimate of drug-likeness (QED) is 0.431. The van der Waals surface area contributed by atoms with Gasteiger partial charge in [-0.1, -0.05) is 17.4 Å². The van der Waals surface area contributed by atoms with E-state index in [0.717, 1.165) is 28.2 Å². The Morgan fingerprint density at radius 2 is 2.12 bits per heavy atom. The summed E-state index contributed by atoms with van der Waals surface area (Å²) in [6.45, 7) is 0.989. The first-order valence-corrected chi connectivity index (χ1v) is 11.8. The van der Waals surface area contributed by atoms with Crippen molar-refractivity contribution in [2.75, 3.05) is 13.7 Å². The van der Waals surface area contributed by atoms with Gasteiger partial charge in [-0.3, -0.25) is 9.59 Å². The van der Waals surface area contributed by atoms with Crippen LogP contribution in [0.4, 0.5) is 0 Å². The molecular formula is C22H20N4O4S2. The van der Waals surface area contributed by atoms with Crippen LogP contribution < -0.4 is 14.8 Å². The molecule has 1 saturated heterocycles. The van der Waals surface area contributed by atoms with E-state index in [9.17, 15) is 9.59 Å². The van der Waals surface area contributed by atoms with Gasteiger partial charge in [0.1, 0.15) is 22.2 Å². The fourth-order valence-corrected chi connectivity index (χ4v) is 5.34. The smallest absolute Gasteiger partial charge is 0.252 e. The van der Waals surface area contributed by atoms with Crippen LogP contribution >= 0.6 is 22.7 Å². The molecule has 4 heterocycles. The zero-order valence-electron chi connectivity index (χ0n) is 17.2. The molecule has 3 aromatic heterocycles. The summed E-state index contributed by atoms with van der Waals surface area (Å²) in [6.07, 6.45) is 2.27. The second kappa shape index (κ2) is 8.99. The molecule has 1 N–H and O–H groups in total. The normalized spacial score (nSPS) is 18.8. The van der Waals surface area contributed by atoms with Crippen molar-refractivity contribution in [3.05, 3.63) is 56.8 Å². The average molecular weight is 469 g/mol. The number of para-hydroxylation sites is 1. The Kier molecular flexibility index (Phi) is 5.92. The van der Waals surface area contributed by atoms with Crippen molar-refractivity contribution in [3.8, 4) is 5.75 Å². The summed E-state index contributed by atoms with van der Waals surface area (Å²) in [4.78, 5) is 38.2. The van der Waals surface area contributed by atoms with Gasteiger partial charge in [-0.05, 0) is 37.1 Å². The van der Waals surface area contributed by atoms with Crippen molar-refractivity contribution in [1.29, 1.82) is 0 Å². The number of benzene rings is 1. The number of ether oxygens (including phenoxy) is 2. The molecule has 0 radical (unpaired) electrons. The molecule has 0 aliphatic carbocycles. The van der Waals surface area contributed by atoms with Crippen LogP contribution in [0.15, 0.2) is 41.3 Å². The zero-order valence-corrected chi connectivity index (χ0v) is 18.9. The number of hydrogen-bond donors (Lipinski definition) is 1. The number of ketones is 1. The van der Waals surface area contributed by atoms with E-state index >= 15 is 0 Å². The fourth-order valence-electron chi connectivity index (χ4n) is 3.69. The number of pyridine rings is 1. The van der Waals surface area contributed by atoms with Gasteiger partial charge in [0.2, 0.25) is 5.78 Å². The first kappa shape index (κ1) is 21.1. The molecule has 0 bridgehead atoms. The Morgan fingerprint density at radius 3 is 2.94 bits per heavy atom. The van der Waals surface area contributed by atoms with E-state index < -0.39 is 6.10 Å². The lowest BCUT2D eigenvalue weighted by Crippen LogP contribution is -2.42. The highest BCUT2D eigenvalue weighted by Crippen LogP contribution is 2.31. The summed E-state index contributed by atoms with van der Waals surface area (Å²) in [5, 5.41) is 3.88. The maximum atomic E-state index is 12.9. The number of nitrogens with zero attached hydrogens (tertiary/aromatic N) is 3. The molecule has 1 aliphatic rings. The average Bonchev–Trinajstić information content (AvgIpc) is 3.27. The van der Waals surface area contributed by atoms with Crippen molar-refractivity contribution in [1.82, 2.24) is 20.3 Å². The lowest BCUT2D eigenvalue weighted by molar-refractivity contribution is 0.00455. The molecule has 164 valence electrons. The predicted octanol–water partition coefficient (Wildman–Crippen LogP) is 3.19. The Balaban J connectivity index is 1.19. The summed E-state index contributed by atoms with van der Waals surface area (Å²) in [6, 6.07) is 9.56. The summed E-state index contributed by atoms with van der Waals surface area (Å²) in [7, 11) is 1.60. The number of methoxy groups -OCH3 is 1. The van der Waals surface area contributed by atoms with Crippen molar-refractivity contribution in [2.24, 2.45) is 0 Å². The maximum Gasteiger partial charge on any atom is 0.252 e. The van der Waals surface area contributed by atoms with Gasteiger partial charge in [-0.15, -0.1) is 11.3 Å². The highest BCUT2D eigenvalue weighted by molar-refractivity contribution is 7.20. The summed E-state index contributed by atoms with van der Waals surface area (Å²) in [5.41, 5.74) is 2.26. The minimum absolute atomic E-state index is 0.0784. The molecule has 0 unspecified atom stereocenters. The number of nitrogens with one attached hydrogen (secondary N) is 1. The van der Waals surface area contributed by atoms with Gasteiger partial charge in [0.05, 0.1) is 35.8 Å². The van der Waals surface area contributed by atoms with E-state index in [0.29, 0.717) is 46.2 Å². The molecular weight excluding hydrogens is 448 g/mol. The van der Waals surface area contributed by atoms with E-state index in [2.05, 4.69) is 20.3 Å². The second-order valence-electron chi connectivity index (χ2n) is 7.47. The number of fused-ring (bicyclic) bond motifs is 2. The van der Waals surface area contributed by atoms with Gasteiger partial charge in [-0.25, -0.2) is 15.0 Å². The van der Waals surface area contributed by atoms with Crippen molar-refractivity contribution >= 4 is 49.0 Å². The first-order valence-electron chi connectivity index (χ1n) is 10.2. The van der Waals surface area contributed by atoms with Crippen LogP contribution in [0.3, 0.4) is 0 Å². The molecule has 5 rings (SSSR count). The van der Waals surface area contributed by atoms with E-state index in [-0.39, 0.29) is 16.6 Å². The summed E-state index contributed by atoms with van der Waals surface area (Å²) >= 11 is 2.46. The molecule has 8 nitrogen and oxygen atoms in total. The Bertz CT molecular complexity index is 1340. The molecule has 4 aromatic rings. The largest absolute Gasteiger partial charge is 0.494 e. The SMILES string of the molecule is COc1cccc2sc(C(=O)[C@@H]3CC[C@@H](NCc4ccc5ncc(=O)sc5n4)CO3)nc12.